The lowest BCUT2D eigenvalue weighted by atomic mass is 10.1. The minimum Gasteiger partial charge on any atom is -0.491 e. The van der Waals surface area contributed by atoms with Crippen LogP contribution in [0.2, 0.25) is 0 Å². The SMILES string of the molecule is COC(C)COc1ccc(F)cc1CC(C)N. The summed E-state index contributed by atoms with van der Waals surface area (Å²) in [6, 6.07) is 4.46. The minimum absolute atomic E-state index is 0.00297. The summed E-state index contributed by atoms with van der Waals surface area (Å²) in [5.41, 5.74) is 6.52. The zero-order valence-electron chi connectivity index (χ0n) is 10.6. The number of halogens is 1. The molecule has 0 radical (unpaired) electrons. The summed E-state index contributed by atoms with van der Waals surface area (Å²) in [6.45, 7) is 4.23. The van der Waals surface area contributed by atoms with E-state index in [1.165, 1.54) is 12.1 Å². The summed E-state index contributed by atoms with van der Waals surface area (Å²) in [6.07, 6.45) is 0.595. The van der Waals surface area contributed by atoms with Gasteiger partial charge in [-0.3, -0.25) is 0 Å². The highest BCUT2D eigenvalue weighted by Crippen LogP contribution is 2.21. The van der Waals surface area contributed by atoms with Crippen LogP contribution in [-0.4, -0.2) is 25.9 Å². The van der Waals surface area contributed by atoms with E-state index in [-0.39, 0.29) is 18.0 Å². The molecule has 0 saturated heterocycles. The smallest absolute Gasteiger partial charge is 0.123 e. The second kappa shape index (κ2) is 6.57. The maximum atomic E-state index is 13.1. The Balaban J connectivity index is 2.75. The van der Waals surface area contributed by atoms with E-state index in [0.717, 1.165) is 5.56 Å². The Morgan fingerprint density at radius 3 is 2.65 bits per heavy atom. The molecule has 0 bridgehead atoms. The molecule has 1 aromatic rings. The number of hydrogen-bond acceptors (Lipinski definition) is 3. The third kappa shape index (κ3) is 4.71. The van der Waals surface area contributed by atoms with Crippen LogP contribution in [0.4, 0.5) is 4.39 Å². The highest BCUT2D eigenvalue weighted by atomic mass is 19.1. The van der Waals surface area contributed by atoms with Crippen molar-refractivity contribution < 1.29 is 13.9 Å². The molecule has 0 saturated carbocycles. The topological polar surface area (TPSA) is 44.5 Å². The summed E-state index contributed by atoms with van der Waals surface area (Å²) in [7, 11) is 1.63. The molecule has 1 aromatic carbocycles. The molecule has 2 atom stereocenters. The van der Waals surface area contributed by atoms with Gasteiger partial charge in [0.1, 0.15) is 18.2 Å². The first kappa shape index (κ1) is 13.9. The molecule has 0 spiro atoms. The molecule has 3 nitrogen and oxygen atoms in total. The molecule has 4 heteroatoms. The fourth-order valence-electron chi connectivity index (χ4n) is 1.47. The second-order valence-corrected chi connectivity index (χ2v) is 4.29. The Labute approximate surface area is 102 Å². The molecule has 0 aromatic heterocycles. The summed E-state index contributed by atoms with van der Waals surface area (Å²) >= 11 is 0. The van der Waals surface area contributed by atoms with Crippen molar-refractivity contribution in [1.82, 2.24) is 0 Å². The van der Waals surface area contributed by atoms with Gasteiger partial charge in [-0.2, -0.15) is 0 Å². The van der Waals surface area contributed by atoms with Crippen molar-refractivity contribution in [3.63, 3.8) is 0 Å². The average Bonchev–Trinajstić information content (AvgIpc) is 2.26. The van der Waals surface area contributed by atoms with Gasteiger partial charge in [0, 0.05) is 13.2 Å². The first-order chi connectivity index (χ1) is 8.02. The fourth-order valence-corrected chi connectivity index (χ4v) is 1.47. The van der Waals surface area contributed by atoms with Crippen LogP contribution in [-0.2, 0) is 11.2 Å². The van der Waals surface area contributed by atoms with Crippen LogP contribution in [0.5, 0.6) is 5.75 Å². The quantitative estimate of drug-likeness (QED) is 0.829. The van der Waals surface area contributed by atoms with E-state index in [2.05, 4.69) is 0 Å². The minimum atomic E-state index is -0.271. The van der Waals surface area contributed by atoms with Crippen molar-refractivity contribution in [2.24, 2.45) is 5.73 Å². The van der Waals surface area contributed by atoms with Gasteiger partial charge in [-0.05, 0) is 44.0 Å². The molecule has 0 amide bonds. The third-order valence-electron chi connectivity index (χ3n) is 2.44. The van der Waals surface area contributed by atoms with Crippen LogP contribution in [0, 0.1) is 5.82 Å². The molecular formula is C13H20FNO2. The molecule has 0 fully saturated rings. The lowest BCUT2D eigenvalue weighted by molar-refractivity contribution is 0.0712. The monoisotopic (exact) mass is 241 g/mol. The van der Waals surface area contributed by atoms with Crippen molar-refractivity contribution in [1.29, 1.82) is 0 Å². The fraction of sp³-hybridized carbons (Fsp3) is 0.538. The molecule has 2 N–H and O–H groups in total. The summed E-state index contributed by atoms with van der Waals surface area (Å²) in [4.78, 5) is 0. The van der Waals surface area contributed by atoms with Gasteiger partial charge in [-0.25, -0.2) is 4.39 Å². The molecule has 0 aliphatic carbocycles. The Hall–Kier alpha value is -1.13. The zero-order valence-corrected chi connectivity index (χ0v) is 10.6. The van der Waals surface area contributed by atoms with Crippen LogP contribution < -0.4 is 10.5 Å². The molecule has 96 valence electrons. The van der Waals surface area contributed by atoms with Crippen molar-refractivity contribution in [3.8, 4) is 5.75 Å². The van der Waals surface area contributed by atoms with E-state index >= 15 is 0 Å². The number of hydrogen-bond donors (Lipinski definition) is 1. The van der Waals surface area contributed by atoms with E-state index in [1.807, 2.05) is 13.8 Å². The van der Waals surface area contributed by atoms with Crippen molar-refractivity contribution in [2.45, 2.75) is 32.4 Å². The average molecular weight is 241 g/mol. The van der Waals surface area contributed by atoms with Gasteiger partial charge in [-0.15, -0.1) is 0 Å². The van der Waals surface area contributed by atoms with Crippen LogP contribution in [0.3, 0.4) is 0 Å². The van der Waals surface area contributed by atoms with E-state index in [1.54, 1.807) is 13.2 Å². The van der Waals surface area contributed by atoms with Crippen LogP contribution in [0.25, 0.3) is 0 Å². The number of benzene rings is 1. The Bertz CT molecular complexity index is 355. The van der Waals surface area contributed by atoms with Crippen LogP contribution >= 0.6 is 0 Å². The molecule has 0 heterocycles. The molecule has 2 unspecified atom stereocenters. The van der Waals surface area contributed by atoms with Gasteiger partial charge < -0.3 is 15.2 Å². The zero-order chi connectivity index (χ0) is 12.8. The number of nitrogens with two attached hydrogens (primary N) is 1. The number of rotatable bonds is 6. The Kier molecular flexibility index (Phi) is 5.38. The Morgan fingerprint density at radius 2 is 2.06 bits per heavy atom. The van der Waals surface area contributed by atoms with Crippen LogP contribution in [0.1, 0.15) is 19.4 Å². The molecule has 0 aliphatic heterocycles. The first-order valence-corrected chi connectivity index (χ1v) is 5.72. The van der Waals surface area contributed by atoms with E-state index in [0.29, 0.717) is 18.8 Å². The van der Waals surface area contributed by atoms with Gasteiger partial charge in [-0.1, -0.05) is 0 Å². The van der Waals surface area contributed by atoms with E-state index in [9.17, 15) is 4.39 Å². The first-order valence-electron chi connectivity index (χ1n) is 5.72. The van der Waals surface area contributed by atoms with Crippen molar-refractivity contribution in [2.75, 3.05) is 13.7 Å². The van der Waals surface area contributed by atoms with Crippen LogP contribution in [0.15, 0.2) is 18.2 Å². The molecular weight excluding hydrogens is 221 g/mol. The van der Waals surface area contributed by atoms with Gasteiger partial charge in [0.2, 0.25) is 0 Å². The highest BCUT2D eigenvalue weighted by molar-refractivity contribution is 5.34. The van der Waals surface area contributed by atoms with Gasteiger partial charge >= 0.3 is 0 Å². The predicted octanol–water partition coefficient (Wildman–Crippen LogP) is 2.13. The highest BCUT2D eigenvalue weighted by Gasteiger charge is 2.09. The predicted molar refractivity (Wildman–Crippen MR) is 65.7 cm³/mol. The van der Waals surface area contributed by atoms with Crippen molar-refractivity contribution in [3.05, 3.63) is 29.6 Å². The lowest BCUT2D eigenvalue weighted by Gasteiger charge is -2.15. The van der Waals surface area contributed by atoms with E-state index < -0.39 is 0 Å². The van der Waals surface area contributed by atoms with Gasteiger partial charge in [0.05, 0.1) is 6.10 Å². The second-order valence-electron chi connectivity index (χ2n) is 4.29. The van der Waals surface area contributed by atoms with Gasteiger partial charge in [0.15, 0.2) is 0 Å². The summed E-state index contributed by atoms with van der Waals surface area (Å²) < 4.78 is 23.8. The van der Waals surface area contributed by atoms with Crippen molar-refractivity contribution >= 4 is 0 Å². The summed E-state index contributed by atoms with van der Waals surface area (Å²) in [5, 5.41) is 0. The third-order valence-corrected chi connectivity index (χ3v) is 2.44. The van der Waals surface area contributed by atoms with Gasteiger partial charge in [0.25, 0.3) is 0 Å². The lowest BCUT2D eigenvalue weighted by Crippen LogP contribution is -2.20. The number of ether oxygens (including phenoxy) is 2. The maximum Gasteiger partial charge on any atom is 0.123 e. The summed E-state index contributed by atoms with van der Waals surface area (Å²) in [5.74, 6) is 0.403. The number of methoxy groups -OCH3 is 1. The standard InChI is InChI=1S/C13H20FNO2/c1-9(15)6-11-7-12(14)4-5-13(11)17-8-10(2)16-3/h4-5,7,9-10H,6,8,15H2,1-3H3. The molecule has 0 aliphatic rings. The van der Waals surface area contributed by atoms with E-state index in [4.69, 9.17) is 15.2 Å². The largest absolute Gasteiger partial charge is 0.491 e. The Morgan fingerprint density at radius 1 is 1.35 bits per heavy atom. The maximum absolute atomic E-state index is 13.1. The normalized spacial score (nSPS) is 14.4. The molecule has 1 rings (SSSR count). The molecule has 17 heavy (non-hydrogen) atoms.